The van der Waals surface area contributed by atoms with Crippen molar-refractivity contribution in [2.24, 2.45) is 0 Å². The topological polar surface area (TPSA) is 55.2 Å². The van der Waals surface area contributed by atoms with Gasteiger partial charge in [-0.1, -0.05) is 12.1 Å². The molecule has 0 saturated heterocycles. The van der Waals surface area contributed by atoms with Crippen molar-refractivity contribution >= 4 is 0 Å². The Kier molecular flexibility index (Phi) is 3.35. The molecule has 2 rings (SSSR count). The second-order valence-electron chi connectivity index (χ2n) is 3.80. The van der Waals surface area contributed by atoms with Crippen molar-refractivity contribution < 1.29 is 9.84 Å². The Hall–Kier alpha value is -1.94. The number of nitrogens with zero attached hydrogens (tertiary/aromatic N) is 2. The molecule has 1 N–H and O–H groups in total. The minimum absolute atomic E-state index is 0.114. The van der Waals surface area contributed by atoms with Gasteiger partial charge >= 0.3 is 0 Å². The molecule has 0 aliphatic heterocycles. The minimum Gasteiger partial charge on any atom is -0.437 e. The second-order valence-corrected chi connectivity index (χ2v) is 3.80. The highest BCUT2D eigenvalue weighted by molar-refractivity contribution is 5.39. The fraction of sp³-hybridized carbons (Fsp3) is 0.231. The van der Waals surface area contributed by atoms with Gasteiger partial charge in [0.05, 0.1) is 24.7 Å². The molecule has 2 aromatic rings. The van der Waals surface area contributed by atoms with E-state index in [-0.39, 0.29) is 6.61 Å². The van der Waals surface area contributed by atoms with Crippen molar-refractivity contribution in [1.29, 1.82) is 0 Å². The summed E-state index contributed by atoms with van der Waals surface area (Å²) in [6.07, 6.45) is 3.01. The molecule has 1 aromatic carbocycles. The lowest BCUT2D eigenvalue weighted by molar-refractivity contribution is 0.276. The Labute approximate surface area is 99.9 Å². The van der Waals surface area contributed by atoms with Gasteiger partial charge in [0.2, 0.25) is 5.88 Å². The molecule has 0 unspecified atom stereocenters. The predicted octanol–water partition coefficient (Wildman–Crippen LogP) is 2.38. The summed E-state index contributed by atoms with van der Waals surface area (Å²) in [6, 6.07) is 5.86. The van der Waals surface area contributed by atoms with Crippen LogP contribution in [0.5, 0.6) is 11.6 Å². The van der Waals surface area contributed by atoms with E-state index in [4.69, 9.17) is 9.84 Å². The van der Waals surface area contributed by atoms with Crippen molar-refractivity contribution in [3.05, 3.63) is 47.4 Å². The Balaban J connectivity index is 2.22. The summed E-state index contributed by atoms with van der Waals surface area (Å²) in [5.74, 6) is 1.20. The van der Waals surface area contributed by atoms with Gasteiger partial charge in [0.25, 0.3) is 0 Å². The van der Waals surface area contributed by atoms with E-state index in [0.717, 1.165) is 11.3 Å². The van der Waals surface area contributed by atoms with Gasteiger partial charge in [0.1, 0.15) is 5.75 Å². The Morgan fingerprint density at radius 1 is 1.18 bits per heavy atom. The van der Waals surface area contributed by atoms with Crippen LogP contribution in [0.4, 0.5) is 0 Å². The van der Waals surface area contributed by atoms with Gasteiger partial charge < -0.3 is 9.84 Å². The van der Waals surface area contributed by atoms with Crippen LogP contribution in [-0.2, 0) is 6.61 Å². The smallest absolute Gasteiger partial charge is 0.237 e. The largest absolute Gasteiger partial charge is 0.437 e. The third-order valence-electron chi connectivity index (χ3n) is 2.61. The Bertz CT molecular complexity index is 509. The van der Waals surface area contributed by atoms with E-state index in [1.807, 2.05) is 32.0 Å². The average Bonchev–Trinajstić information content (AvgIpc) is 2.36. The standard InChI is InChI=1S/C13H14N2O2/c1-9-4-3-5-12(10(9)2)17-13-7-14-11(8-16)6-15-13/h3-7,16H,8H2,1-2H3. The maximum Gasteiger partial charge on any atom is 0.237 e. The van der Waals surface area contributed by atoms with Crippen molar-refractivity contribution in [1.82, 2.24) is 9.97 Å². The van der Waals surface area contributed by atoms with Gasteiger partial charge in [-0.05, 0) is 31.0 Å². The minimum atomic E-state index is -0.114. The van der Waals surface area contributed by atoms with Crippen LogP contribution >= 0.6 is 0 Å². The molecule has 1 heterocycles. The summed E-state index contributed by atoms with van der Waals surface area (Å²) in [5.41, 5.74) is 2.78. The maximum atomic E-state index is 8.86. The van der Waals surface area contributed by atoms with Crippen molar-refractivity contribution in [2.75, 3.05) is 0 Å². The normalized spacial score (nSPS) is 10.3. The van der Waals surface area contributed by atoms with Crippen LogP contribution < -0.4 is 4.74 Å². The molecule has 0 aliphatic carbocycles. The number of hydrogen-bond donors (Lipinski definition) is 1. The highest BCUT2D eigenvalue weighted by atomic mass is 16.5. The van der Waals surface area contributed by atoms with Gasteiger partial charge in [-0.15, -0.1) is 0 Å². The third-order valence-corrected chi connectivity index (χ3v) is 2.61. The van der Waals surface area contributed by atoms with Crippen LogP contribution in [-0.4, -0.2) is 15.1 Å². The van der Waals surface area contributed by atoms with Crippen molar-refractivity contribution in [3.8, 4) is 11.6 Å². The fourth-order valence-electron chi connectivity index (χ4n) is 1.42. The lowest BCUT2D eigenvalue weighted by atomic mass is 10.1. The summed E-state index contributed by atoms with van der Waals surface area (Å²) in [5, 5.41) is 8.86. The molecule has 17 heavy (non-hydrogen) atoms. The fourth-order valence-corrected chi connectivity index (χ4v) is 1.42. The number of rotatable bonds is 3. The molecule has 4 heteroatoms. The Morgan fingerprint density at radius 2 is 2.00 bits per heavy atom. The van der Waals surface area contributed by atoms with E-state index in [1.165, 1.54) is 18.0 Å². The number of aromatic nitrogens is 2. The van der Waals surface area contributed by atoms with Gasteiger partial charge in [-0.2, -0.15) is 0 Å². The molecule has 0 atom stereocenters. The quantitative estimate of drug-likeness (QED) is 0.879. The van der Waals surface area contributed by atoms with Crippen LogP contribution in [0, 0.1) is 13.8 Å². The van der Waals surface area contributed by atoms with Gasteiger partial charge in [-0.3, -0.25) is 4.98 Å². The number of benzene rings is 1. The van der Waals surface area contributed by atoms with Crippen LogP contribution in [0.15, 0.2) is 30.6 Å². The molecule has 88 valence electrons. The lowest BCUT2D eigenvalue weighted by Gasteiger charge is -2.09. The first-order chi connectivity index (χ1) is 8.20. The van der Waals surface area contributed by atoms with E-state index in [1.54, 1.807) is 0 Å². The summed E-state index contributed by atoms with van der Waals surface area (Å²) < 4.78 is 5.63. The Morgan fingerprint density at radius 3 is 2.65 bits per heavy atom. The van der Waals surface area contributed by atoms with E-state index in [0.29, 0.717) is 11.6 Å². The zero-order valence-corrected chi connectivity index (χ0v) is 9.84. The number of aryl methyl sites for hydroxylation is 1. The molecule has 0 amide bonds. The number of aliphatic hydroxyl groups is 1. The molecule has 0 bridgehead atoms. The highest BCUT2D eigenvalue weighted by Gasteiger charge is 2.04. The van der Waals surface area contributed by atoms with Crippen molar-refractivity contribution in [2.45, 2.75) is 20.5 Å². The van der Waals surface area contributed by atoms with Crippen LogP contribution in [0.25, 0.3) is 0 Å². The highest BCUT2D eigenvalue weighted by Crippen LogP contribution is 2.24. The zero-order chi connectivity index (χ0) is 12.3. The van der Waals surface area contributed by atoms with E-state index < -0.39 is 0 Å². The van der Waals surface area contributed by atoms with Crippen LogP contribution in [0.2, 0.25) is 0 Å². The molecule has 0 spiro atoms. The first-order valence-electron chi connectivity index (χ1n) is 5.36. The van der Waals surface area contributed by atoms with E-state index in [2.05, 4.69) is 9.97 Å². The van der Waals surface area contributed by atoms with Gasteiger partial charge in [0, 0.05) is 0 Å². The first-order valence-corrected chi connectivity index (χ1v) is 5.36. The summed E-state index contributed by atoms with van der Waals surface area (Å²) >= 11 is 0. The summed E-state index contributed by atoms with van der Waals surface area (Å²) in [4.78, 5) is 8.08. The van der Waals surface area contributed by atoms with Crippen LogP contribution in [0.1, 0.15) is 16.8 Å². The second kappa shape index (κ2) is 4.93. The molecule has 0 fully saturated rings. The van der Waals surface area contributed by atoms with E-state index >= 15 is 0 Å². The molecule has 0 radical (unpaired) electrons. The number of hydrogen-bond acceptors (Lipinski definition) is 4. The predicted molar refractivity (Wildman–Crippen MR) is 63.9 cm³/mol. The molecule has 1 aromatic heterocycles. The monoisotopic (exact) mass is 230 g/mol. The zero-order valence-electron chi connectivity index (χ0n) is 9.84. The molecule has 0 aliphatic rings. The molecular formula is C13H14N2O2. The summed E-state index contributed by atoms with van der Waals surface area (Å²) in [7, 11) is 0. The SMILES string of the molecule is Cc1cccc(Oc2cnc(CO)cn2)c1C. The first kappa shape index (κ1) is 11.5. The third kappa shape index (κ3) is 2.60. The number of aliphatic hydroxyl groups excluding tert-OH is 1. The van der Waals surface area contributed by atoms with Crippen molar-refractivity contribution in [3.63, 3.8) is 0 Å². The van der Waals surface area contributed by atoms with Crippen LogP contribution in [0.3, 0.4) is 0 Å². The molecular weight excluding hydrogens is 216 g/mol. The number of ether oxygens (including phenoxy) is 1. The average molecular weight is 230 g/mol. The van der Waals surface area contributed by atoms with E-state index in [9.17, 15) is 0 Å². The molecule has 0 saturated carbocycles. The maximum absolute atomic E-state index is 8.86. The summed E-state index contributed by atoms with van der Waals surface area (Å²) in [6.45, 7) is 3.92. The molecule has 4 nitrogen and oxygen atoms in total. The van der Waals surface area contributed by atoms with Gasteiger partial charge in [0.15, 0.2) is 0 Å². The lowest BCUT2D eigenvalue weighted by Crippen LogP contribution is -1.95. The van der Waals surface area contributed by atoms with Gasteiger partial charge in [-0.25, -0.2) is 4.98 Å².